The fourth-order valence-electron chi connectivity index (χ4n) is 2.54. The summed E-state index contributed by atoms with van der Waals surface area (Å²) < 4.78 is 68.5. The van der Waals surface area contributed by atoms with Crippen molar-refractivity contribution in [2.75, 3.05) is 9.44 Å². The van der Waals surface area contributed by atoms with Crippen molar-refractivity contribution in [2.24, 2.45) is 0 Å². The average molecular weight is 455 g/mol. The average Bonchev–Trinajstić information content (AvgIpc) is 2.65. The Kier molecular flexibility index (Phi) is 5.83. The van der Waals surface area contributed by atoms with E-state index in [2.05, 4.69) is 9.44 Å². The molecule has 0 aliphatic carbocycles. The molecule has 29 heavy (non-hydrogen) atoms. The molecule has 2 N–H and O–H groups in total. The van der Waals surface area contributed by atoms with Gasteiger partial charge in [-0.05, 0) is 61.0 Å². The van der Waals surface area contributed by atoms with Crippen molar-refractivity contribution in [1.29, 1.82) is 0 Å². The summed E-state index contributed by atoms with van der Waals surface area (Å²) in [5, 5.41) is 0.251. The molecule has 0 radical (unpaired) electrons. The number of nitrogens with one attached hydrogen (secondary N) is 2. The molecular weight excluding hydrogens is 439 g/mol. The van der Waals surface area contributed by atoms with Gasteiger partial charge in [-0.3, -0.25) is 9.44 Å². The summed E-state index contributed by atoms with van der Waals surface area (Å²) in [6.45, 7) is 1.62. The van der Waals surface area contributed by atoms with Gasteiger partial charge in [0.05, 0.1) is 21.2 Å². The van der Waals surface area contributed by atoms with E-state index in [0.717, 1.165) is 24.3 Å². The highest BCUT2D eigenvalue weighted by atomic mass is 35.5. The number of sulfonamides is 2. The number of hydrogen-bond acceptors (Lipinski definition) is 4. The van der Waals surface area contributed by atoms with E-state index in [4.69, 9.17) is 11.6 Å². The second kappa shape index (κ2) is 8.02. The van der Waals surface area contributed by atoms with E-state index in [-0.39, 0.29) is 26.2 Å². The molecule has 0 aliphatic heterocycles. The van der Waals surface area contributed by atoms with Crippen LogP contribution in [0, 0.1) is 12.7 Å². The molecule has 0 spiro atoms. The Hall–Kier alpha value is -2.62. The Morgan fingerprint density at radius 1 is 0.793 bits per heavy atom. The first kappa shape index (κ1) is 21.1. The second-order valence-corrected chi connectivity index (χ2v) is 9.89. The van der Waals surface area contributed by atoms with E-state index >= 15 is 0 Å². The molecule has 0 aromatic heterocycles. The smallest absolute Gasteiger partial charge is 0.262 e. The molecule has 0 atom stereocenters. The van der Waals surface area contributed by atoms with Crippen LogP contribution in [-0.4, -0.2) is 16.8 Å². The van der Waals surface area contributed by atoms with Gasteiger partial charge in [-0.25, -0.2) is 21.2 Å². The first-order valence-corrected chi connectivity index (χ1v) is 11.6. The van der Waals surface area contributed by atoms with E-state index in [0.29, 0.717) is 5.56 Å². The van der Waals surface area contributed by atoms with Crippen molar-refractivity contribution in [2.45, 2.75) is 16.7 Å². The van der Waals surface area contributed by atoms with Crippen LogP contribution < -0.4 is 9.44 Å². The standard InChI is InChI=1S/C19H16ClFN2O4S2/c1-13-6-7-14(20)12-19(13)29(26,27)23-18-5-3-2-4-17(18)22-28(24,25)16-10-8-15(21)9-11-16/h2-12,22-23H,1H3. The number of anilines is 2. The van der Waals surface area contributed by atoms with Crippen molar-refractivity contribution in [1.82, 2.24) is 0 Å². The van der Waals surface area contributed by atoms with E-state index in [1.54, 1.807) is 31.2 Å². The predicted octanol–water partition coefficient (Wildman–Crippen LogP) is 4.39. The highest BCUT2D eigenvalue weighted by Gasteiger charge is 2.21. The molecule has 0 saturated carbocycles. The number of para-hydroxylation sites is 2. The topological polar surface area (TPSA) is 92.3 Å². The van der Waals surface area contributed by atoms with Crippen molar-refractivity contribution >= 4 is 43.0 Å². The van der Waals surface area contributed by atoms with Gasteiger partial charge in [0, 0.05) is 5.02 Å². The first-order chi connectivity index (χ1) is 13.6. The normalized spacial score (nSPS) is 11.8. The maximum Gasteiger partial charge on any atom is 0.262 e. The van der Waals surface area contributed by atoms with Gasteiger partial charge in [-0.1, -0.05) is 29.8 Å². The van der Waals surface area contributed by atoms with E-state index in [9.17, 15) is 21.2 Å². The molecular formula is C19H16ClFN2O4S2. The van der Waals surface area contributed by atoms with Crippen molar-refractivity contribution in [3.05, 3.63) is 83.1 Å². The number of halogens is 2. The predicted molar refractivity (Wildman–Crippen MR) is 111 cm³/mol. The molecule has 0 amide bonds. The van der Waals surface area contributed by atoms with Crippen molar-refractivity contribution in [3.63, 3.8) is 0 Å². The zero-order valence-electron chi connectivity index (χ0n) is 15.1. The summed E-state index contributed by atoms with van der Waals surface area (Å²) in [5.41, 5.74) is 0.518. The van der Waals surface area contributed by atoms with Crippen LogP contribution in [0.1, 0.15) is 5.56 Å². The number of aryl methyl sites for hydroxylation is 1. The van der Waals surface area contributed by atoms with Crippen molar-refractivity contribution < 1.29 is 21.2 Å². The minimum atomic E-state index is -4.06. The van der Waals surface area contributed by atoms with Gasteiger partial charge in [0.1, 0.15) is 5.82 Å². The Morgan fingerprint density at radius 3 is 1.93 bits per heavy atom. The summed E-state index contributed by atoms with van der Waals surface area (Å²) in [4.78, 5) is -0.191. The molecule has 3 rings (SSSR count). The van der Waals surface area contributed by atoms with Crippen LogP contribution >= 0.6 is 11.6 Å². The monoisotopic (exact) mass is 454 g/mol. The minimum absolute atomic E-state index is 0.0140. The molecule has 152 valence electrons. The van der Waals surface area contributed by atoms with Gasteiger partial charge in [0.25, 0.3) is 20.0 Å². The van der Waals surface area contributed by atoms with Gasteiger partial charge >= 0.3 is 0 Å². The molecule has 0 saturated heterocycles. The van der Waals surface area contributed by atoms with E-state index in [1.807, 2.05) is 0 Å². The van der Waals surface area contributed by atoms with Crippen LogP contribution in [0.15, 0.2) is 76.5 Å². The summed E-state index contributed by atoms with van der Waals surface area (Å²) in [7, 11) is -8.09. The molecule has 3 aromatic carbocycles. The molecule has 0 unspecified atom stereocenters. The van der Waals surface area contributed by atoms with E-state index in [1.165, 1.54) is 18.2 Å². The molecule has 0 fully saturated rings. The Bertz CT molecular complexity index is 1260. The highest BCUT2D eigenvalue weighted by Crippen LogP contribution is 2.28. The van der Waals surface area contributed by atoms with Crippen LogP contribution in [0.2, 0.25) is 5.02 Å². The summed E-state index contributed by atoms with van der Waals surface area (Å²) in [6.07, 6.45) is 0. The molecule has 0 bridgehead atoms. The lowest BCUT2D eigenvalue weighted by Gasteiger charge is -2.15. The third kappa shape index (κ3) is 4.87. The number of hydrogen-bond donors (Lipinski definition) is 2. The Labute approximate surface area is 173 Å². The third-order valence-electron chi connectivity index (χ3n) is 3.98. The van der Waals surface area contributed by atoms with E-state index < -0.39 is 25.9 Å². The first-order valence-electron chi connectivity index (χ1n) is 8.25. The van der Waals surface area contributed by atoms with Crippen LogP contribution in [0.3, 0.4) is 0 Å². The van der Waals surface area contributed by atoms with Gasteiger partial charge in [-0.2, -0.15) is 0 Å². The zero-order valence-corrected chi connectivity index (χ0v) is 17.4. The van der Waals surface area contributed by atoms with Crippen LogP contribution in [0.25, 0.3) is 0 Å². The number of rotatable bonds is 6. The summed E-state index contributed by atoms with van der Waals surface area (Å²) in [6, 6.07) is 14.6. The van der Waals surface area contributed by atoms with Gasteiger partial charge in [0.15, 0.2) is 0 Å². The third-order valence-corrected chi connectivity index (χ3v) is 7.10. The largest absolute Gasteiger partial charge is 0.277 e. The van der Waals surface area contributed by atoms with Crippen molar-refractivity contribution in [3.8, 4) is 0 Å². The second-order valence-electron chi connectivity index (χ2n) is 6.12. The molecule has 6 nitrogen and oxygen atoms in total. The quantitative estimate of drug-likeness (QED) is 0.577. The Morgan fingerprint density at radius 2 is 1.34 bits per heavy atom. The van der Waals surface area contributed by atoms with Gasteiger partial charge in [0.2, 0.25) is 0 Å². The Balaban J connectivity index is 1.95. The maximum atomic E-state index is 13.1. The van der Waals surface area contributed by atoms with Crippen LogP contribution in [0.4, 0.5) is 15.8 Å². The maximum absolute atomic E-state index is 13.1. The SMILES string of the molecule is Cc1ccc(Cl)cc1S(=O)(=O)Nc1ccccc1NS(=O)(=O)c1ccc(F)cc1. The zero-order chi connectivity index (χ0) is 21.2. The minimum Gasteiger partial charge on any atom is -0.277 e. The summed E-state index contributed by atoms with van der Waals surface area (Å²) in [5.74, 6) is -0.575. The van der Waals surface area contributed by atoms with Crippen LogP contribution in [-0.2, 0) is 20.0 Å². The van der Waals surface area contributed by atoms with Crippen LogP contribution in [0.5, 0.6) is 0 Å². The lowest BCUT2D eigenvalue weighted by atomic mass is 10.2. The molecule has 3 aromatic rings. The highest BCUT2D eigenvalue weighted by molar-refractivity contribution is 7.93. The molecule has 0 aliphatic rings. The number of benzene rings is 3. The van der Waals surface area contributed by atoms with Gasteiger partial charge in [-0.15, -0.1) is 0 Å². The fourth-order valence-corrected chi connectivity index (χ4v) is 5.21. The molecule has 10 heteroatoms. The molecule has 0 heterocycles. The van der Waals surface area contributed by atoms with Gasteiger partial charge < -0.3 is 0 Å². The lowest BCUT2D eigenvalue weighted by molar-refractivity contribution is 0.597. The summed E-state index contributed by atoms with van der Waals surface area (Å²) >= 11 is 5.91. The lowest BCUT2D eigenvalue weighted by Crippen LogP contribution is -2.18. The fraction of sp³-hybridized carbons (Fsp3) is 0.0526.